The van der Waals surface area contributed by atoms with Gasteiger partial charge in [-0.25, -0.2) is 0 Å². The fraction of sp³-hybridized carbons (Fsp3) is 0.692. The van der Waals surface area contributed by atoms with Gasteiger partial charge in [-0.2, -0.15) is 5.10 Å². The molecule has 0 aromatic carbocycles. The predicted molar refractivity (Wildman–Crippen MR) is 64.6 cm³/mol. The molecule has 1 aliphatic carbocycles. The van der Waals surface area contributed by atoms with Gasteiger partial charge in [-0.05, 0) is 31.6 Å². The van der Waals surface area contributed by atoms with E-state index in [0.717, 1.165) is 12.1 Å². The van der Waals surface area contributed by atoms with Crippen LogP contribution >= 0.6 is 0 Å². The molecule has 1 spiro atoms. The third-order valence-corrected chi connectivity index (χ3v) is 4.39. The monoisotopic (exact) mass is 233 g/mol. The number of rotatable bonds is 1. The van der Waals surface area contributed by atoms with E-state index in [-0.39, 0.29) is 5.91 Å². The molecule has 4 heteroatoms. The molecule has 1 saturated heterocycles. The number of carbonyl (C=O) groups excluding carboxylic acids is 1. The van der Waals surface area contributed by atoms with Crippen LogP contribution in [-0.2, 0) is 7.05 Å². The van der Waals surface area contributed by atoms with Crippen LogP contribution in [0.2, 0.25) is 0 Å². The Kier molecular flexibility index (Phi) is 2.28. The second kappa shape index (κ2) is 3.59. The van der Waals surface area contributed by atoms with Crippen molar-refractivity contribution in [3.8, 4) is 0 Å². The van der Waals surface area contributed by atoms with Crippen LogP contribution < -0.4 is 0 Å². The Morgan fingerprint density at radius 1 is 1.53 bits per heavy atom. The third-order valence-electron chi connectivity index (χ3n) is 4.39. The quantitative estimate of drug-likeness (QED) is 0.742. The van der Waals surface area contributed by atoms with E-state index in [4.69, 9.17) is 0 Å². The molecular formula is C13H19N3O. The average Bonchev–Trinajstić information content (AvgIpc) is 2.81. The predicted octanol–water partition coefficient (Wildman–Crippen LogP) is 1.82. The smallest absolute Gasteiger partial charge is 0.257 e. The van der Waals surface area contributed by atoms with Gasteiger partial charge in [-0.1, -0.05) is 6.42 Å². The number of amides is 1. The summed E-state index contributed by atoms with van der Waals surface area (Å²) < 4.78 is 1.69. The van der Waals surface area contributed by atoms with Gasteiger partial charge in [0.25, 0.3) is 5.91 Å². The number of hydrogen-bond donors (Lipinski definition) is 0. The van der Waals surface area contributed by atoms with Crippen LogP contribution in [0.25, 0.3) is 0 Å². The summed E-state index contributed by atoms with van der Waals surface area (Å²) in [6.07, 6.45) is 8.59. The molecule has 92 valence electrons. The van der Waals surface area contributed by atoms with Crippen molar-refractivity contribution in [2.75, 3.05) is 6.54 Å². The lowest BCUT2D eigenvalue weighted by atomic mass is 9.68. The standard InChI is InChI=1S/C13H19N3O/c1-10-6-13(4-3-5-13)9-16(10)12(17)11-7-14-15(2)8-11/h7-8,10H,3-6,9H2,1-2H3/t10-/m0/s1. The van der Waals surface area contributed by atoms with Gasteiger partial charge in [0.1, 0.15) is 0 Å². The van der Waals surface area contributed by atoms with E-state index < -0.39 is 0 Å². The first-order valence-corrected chi connectivity index (χ1v) is 6.39. The largest absolute Gasteiger partial charge is 0.335 e. The number of carbonyl (C=O) groups is 1. The maximum absolute atomic E-state index is 12.4. The average molecular weight is 233 g/mol. The van der Waals surface area contributed by atoms with Crippen molar-refractivity contribution < 1.29 is 4.79 Å². The van der Waals surface area contributed by atoms with E-state index in [1.165, 1.54) is 25.7 Å². The van der Waals surface area contributed by atoms with Gasteiger partial charge in [0.15, 0.2) is 0 Å². The van der Waals surface area contributed by atoms with Gasteiger partial charge in [-0.15, -0.1) is 0 Å². The molecule has 3 rings (SSSR count). The number of aromatic nitrogens is 2. The van der Waals surface area contributed by atoms with Gasteiger partial charge < -0.3 is 4.90 Å². The van der Waals surface area contributed by atoms with Crippen molar-refractivity contribution in [3.05, 3.63) is 18.0 Å². The maximum Gasteiger partial charge on any atom is 0.257 e. The number of likely N-dealkylation sites (tertiary alicyclic amines) is 1. The Labute approximate surface area is 102 Å². The summed E-state index contributed by atoms with van der Waals surface area (Å²) in [5.41, 5.74) is 1.17. The fourth-order valence-corrected chi connectivity index (χ4v) is 3.33. The normalized spacial score (nSPS) is 26.2. The molecule has 4 nitrogen and oxygen atoms in total. The molecule has 1 aromatic heterocycles. The maximum atomic E-state index is 12.4. The molecule has 1 amide bonds. The molecular weight excluding hydrogens is 214 g/mol. The van der Waals surface area contributed by atoms with Gasteiger partial charge >= 0.3 is 0 Å². The van der Waals surface area contributed by atoms with E-state index >= 15 is 0 Å². The number of hydrogen-bond acceptors (Lipinski definition) is 2. The van der Waals surface area contributed by atoms with E-state index in [0.29, 0.717) is 11.5 Å². The van der Waals surface area contributed by atoms with Crippen molar-refractivity contribution in [1.29, 1.82) is 0 Å². The van der Waals surface area contributed by atoms with Crippen molar-refractivity contribution >= 4 is 5.91 Å². The zero-order chi connectivity index (χ0) is 12.0. The SMILES string of the molecule is C[C@H]1CC2(CCC2)CN1C(=O)c1cnn(C)c1. The van der Waals surface area contributed by atoms with Gasteiger partial charge in [0, 0.05) is 25.8 Å². The van der Waals surface area contributed by atoms with Gasteiger partial charge in [0.05, 0.1) is 11.8 Å². The molecule has 2 aliphatic rings. The highest BCUT2D eigenvalue weighted by Gasteiger charge is 2.47. The topological polar surface area (TPSA) is 38.1 Å². The number of nitrogens with zero attached hydrogens (tertiary/aromatic N) is 3. The van der Waals surface area contributed by atoms with Crippen LogP contribution in [0.15, 0.2) is 12.4 Å². The summed E-state index contributed by atoms with van der Waals surface area (Å²) in [4.78, 5) is 14.4. The highest BCUT2D eigenvalue weighted by molar-refractivity contribution is 5.94. The summed E-state index contributed by atoms with van der Waals surface area (Å²) >= 11 is 0. The third kappa shape index (κ3) is 1.66. The second-order valence-electron chi connectivity index (χ2n) is 5.74. The molecule has 2 heterocycles. The Bertz CT molecular complexity index is 447. The summed E-state index contributed by atoms with van der Waals surface area (Å²) in [5.74, 6) is 0.148. The van der Waals surface area contributed by atoms with E-state index in [2.05, 4.69) is 12.0 Å². The lowest BCUT2D eigenvalue weighted by Gasteiger charge is -2.37. The van der Waals surface area contributed by atoms with Crippen LogP contribution in [0.1, 0.15) is 43.0 Å². The molecule has 17 heavy (non-hydrogen) atoms. The Hall–Kier alpha value is -1.32. The first-order valence-electron chi connectivity index (χ1n) is 6.39. The first-order chi connectivity index (χ1) is 8.10. The van der Waals surface area contributed by atoms with E-state index in [1.807, 2.05) is 11.9 Å². The number of aryl methyl sites for hydroxylation is 1. The second-order valence-corrected chi connectivity index (χ2v) is 5.74. The highest BCUT2D eigenvalue weighted by Crippen LogP contribution is 2.50. The molecule has 0 unspecified atom stereocenters. The van der Waals surface area contributed by atoms with Gasteiger partial charge in [0.2, 0.25) is 0 Å². The first kappa shape index (κ1) is 10.8. The molecule has 1 aliphatic heterocycles. The Morgan fingerprint density at radius 3 is 2.76 bits per heavy atom. The summed E-state index contributed by atoms with van der Waals surface area (Å²) in [6, 6.07) is 0.378. The minimum atomic E-state index is 0.148. The molecule has 1 atom stereocenters. The Balaban J connectivity index is 1.78. The van der Waals surface area contributed by atoms with Crippen molar-refractivity contribution in [2.45, 2.75) is 38.6 Å². The van der Waals surface area contributed by atoms with Gasteiger partial charge in [-0.3, -0.25) is 9.48 Å². The van der Waals surface area contributed by atoms with Crippen molar-refractivity contribution in [2.24, 2.45) is 12.5 Å². The summed E-state index contributed by atoms with van der Waals surface area (Å²) in [6.45, 7) is 3.11. The summed E-state index contributed by atoms with van der Waals surface area (Å²) in [5, 5.41) is 4.07. The molecule has 1 aromatic rings. The zero-order valence-corrected chi connectivity index (χ0v) is 10.5. The minimum absolute atomic E-state index is 0.148. The van der Waals surface area contributed by atoms with Crippen molar-refractivity contribution in [1.82, 2.24) is 14.7 Å². The molecule has 0 bridgehead atoms. The van der Waals surface area contributed by atoms with Crippen LogP contribution in [0.3, 0.4) is 0 Å². The summed E-state index contributed by atoms with van der Waals surface area (Å²) in [7, 11) is 1.84. The Morgan fingerprint density at radius 2 is 2.29 bits per heavy atom. The van der Waals surface area contributed by atoms with Crippen LogP contribution in [0.5, 0.6) is 0 Å². The molecule has 0 radical (unpaired) electrons. The van der Waals surface area contributed by atoms with Crippen LogP contribution in [0, 0.1) is 5.41 Å². The fourth-order valence-electron chi connectivity index (χ4n) is 3.33. The molecule has 2 fully saturated rings. The minimum Gasteiger partial charge on any atom is -0.335 e. The zero-order valence-electron chi connectivity index (χ0n) is 10.5. The van der Waals surface area contributed by atoms with Crippen molar-refractivity contribution in [3.63, 3.8) is 0 Å². The van der Waals surface area contributed by atoms with Crippen LogP contribution in [0.4, 0.5) is 0 Å². The lowest BCUT2D eigenvalue weighted by molar-refractivity contribution is 0.0701. The van der Waals surface area contributed by atoms with E-state index in [1.54, 1.807) is 17.1 Å². The molecule has 0 N–H and O–H groups in total. The lowest BCUT2D eigenvalue weighted by Crippen LogP contribution is -2.37. The van der Waals surface area contributed by atoms with E-state index in [9.17, 15) is 4.79 Å². The van der Waals surface area contributed by atoms with Crippen LogP contribution in [-0.4, -0.2) is 33.2 Å². The highest BCUT2D eigenvalue weighted by atomic mass is 16.2. The molecule has 1 saturated carbocycles.